The van der Waals surface area contributed by atoms with E-state index in [2.05, 4.69) is 15.5 Å². The Balaban J connectivity index is 1.99. The molecule has 0 spiro atoms. The van der Waals surface area contributed by atoms with E-state index in [1.165, 1.54) is 18.3 Å². The summed E-state index contributed by atoms with van der Waals surface area (Å²) < 4.78 is 0. The Kier molecular flexibility index (Phi) is 4.36. The smallest absolute Gasteiger partial charge is 0.239 e. The van der Waals surface area contributed by atoms with Crippen molar-refractivity contribution in [3.05, 3.63) is 29.8 Å². The highest BCUT2D eigenvalue weighted by atomic mass is 32.2. The fourth-order valence-corrected chi connectivity index (χ4v) is 2.40. The maximum Gasteiger partial charge on any atom is 0.239 e. The van der Waals surface area contributed by atoms with Crippen LogP contribution >= 0.6 is 11.8 Å². The van der Waals surface area contributed by atoms with Crippen LogP contribution in [0, 0.1) is 0 Å². The number of nitrogens with one attached hydrogen (secondary N) is 1. The molecule has 1 aromatic carbocycles. The molecule has 1 aromatic rings. The highest BCUT2D eigenvalue weighted by molar-refractivity contribution is 8.15. The number of thioether (sulfide) groups is 1. The molecule has 0 aromatic heterocycles. The minimum absolute atomic E-state index is 0.110. The number of aliphatic carboxylic acids is 1. The highest BCUT2D eigenvalue weighted by Gasteiger charge is 2.30. The first-order valence-electron chi connectivity index (χ1n) is 5.62. The number of rotatable bonds is 4. The zero-order chi connectivity index (χ0) is 14.5. The Morgan fingerprint density at radius 2 is 2.35 bits per heavy atom. The summed E-state index contributed by atoms with van der Waals surface area (Å²) in [6, 6.07) is 6.41. The number of carboxylic acid groups (broad SMARTS) is 1. The van der Waals surface area contributed by atoms with E-state index in [-0.39, 0.29) is 17.3 Å². The molecule has 20 heavy (non-hydrogen) atoms. The lowest BCUT2D eigenvalue weighted by molar-refractivity contribution is -0.305. The summed E-state index contributed by atoms with van der Waals surface area (Å²) in [6.45, 7) is 0. The van der Waals surface area contributed by atoms with Gasteiger partial charge in [-0.05, 0) is 17.7 Å². The van der Waals surface area contributed by atoms with Gasteiger partial charge in [0.25, 0.3) is 0 Å². The second-order valence-electron chi connectivity index (χ2n) is 3.92. The first kappa shape index (κ1) is 14.1. The van der Waals surface area contributed by atoms with E-state index in [0.717, 1.165) is 11.8 Å². The van der Waals surface area contributed by atoms with Gasteiger partial charge in [-0.2, -0.15) is 5.10 Å². The van der Waals surface area contributed by atoms with Gasteiger partial charge in [0.2, 0.25) is 5.91 Å². The standard InChI is InChI=1S/C12H11N3O4S/c16-8-3-1-2-7(4-8)6-13-15-12-14-11(19)9(20-12)5-10(17)18/h1-4,6,9,16H,5H2,(H,17,18)(H,14,15,19)/p-1/b13-6-/t9-/m0/s1. The van der Waals surface area contributed by atoms with Gasteiger partial charge in [0.05, 0.1) is 11.5 Å². The van der Waals surface area contributed by atoms with Crippen LogP contribution in [-0.2, 0) is 9.59 Å². The molecule has 0 aliphatic carbocycles. The van der Waals surface area contributed by atoms with Crippen LogP contribution in [0.15, 0.2) is 34.5 Å². The van der Waals surface area contributed by atoms with Gasteiger partial charge >= 0.3 is 0 Å². The number of aromatic hydroxyl groups is 1. The number of amidine groups is 1. The van der Waals surface area contributed by atoms with Crippen LogP contribution in [0.3, 0.4) is 0 Å². The molecule has 1 saturated heterocycles. The average molecular weight is 292 g/mol. The Bertz CT molecular complexity index is 600. The average Bonchev–Trinajstić information content (AvgIpc) is 2.69. The van der Waals surface area contributed by atoms with E-state index in [1.54, 1.807) is 12.1 Å². The molecule has 1 amide bonds. The summed E-state index contributed by atoms with van der Waals surface area (Å²) in [5.74, 6) is -1.60. The van der Waals surface area contributed by atoms with E-state index < -0.39 is 17.1 Å². The number of hydrogen-bond donors (Lipinski definition) is 2. The van der Waals surface area contributed by atoms with Crippen molar-refractivity contribution in [2.45, 2.75) is 11.7 Å². The number of phenolic OH excluding ortho intramolecular Hbond substituents is 1. The lowest BCUT2D eigenvalue weighted by Gasteiger charge is -2.04. The van der Waals surface area contributed by atoms with Gasteiger partial charge in [0.15, 0.2) is 5.17 Å². The van der Waals surface area contributed by atoms with E-state index in [4.69, 9.17) is 0 Å². The van der Waals surface area contributed by atoms with E-state index in [9.17, 15) is 19.8 Å². The number of carbonyl (C=O) groups excluding carboxylic acids is 2. The molecule has 7 nitrogen and oxygen atoms in total. The van der Waals surface area contributed by atoms with E-state index in [1.807, 2.05) is 0 Å². The molecule has 2 rings (SSSR count). The minimum Gasteiger partial charge on any atom is -0.550 e. The molecule has 2 N–H and O–H groups in total. The van der Waals surface area contributed by atoms with Crippen LogP contribution in [0.4, 0.5) is 0 Å². The zero-order valence-corrected chi connectivity index (χ0v) is 11.0. The maximum atomic E-state index is 11.4. The van der Waals surface area contributed by atoms with Crippen LogP contribution in [-0.4, -0.2) is 33.6 Å². The number of benzene rings is 1. The number of carboxylic acids is 1. The second-order valence-corrected chi connectivity index (χ2v) is 5.11. The summed E-state index contributed by atoms with van der Waals surface area (Å²) in [6.07, 6.45) is 1.04. The summed E-state index contributed by atoms with van der Waals surface area (Å²) >= 11 is 0.991. The van der Waals surface area contributed by atoms with Gasteiger partial charge in [0.1, 0.15) is 5.75 Å². The normalized spacial score (nSPS) is 20.5. The quantitative estimate of drug-likeness (QED) is 0.571. The predicted octanol–water partition coefficient (Wildman–Crippen LogP) is -0.546. The van der Waals surface area contributed by atoms with Crippen molar-refractivity contribution in [3.63, 3.8) is 0 Å². The third-order valence-electron chi connectivity index (χ3n) is 2.35. The Morgan fingerprint density at radius 3 is 3.05 bits per heavy atom. The zero-order valence-electron chi connectivity index (χ0n) is 10.1. The number of hydrogen-bond acceptors (Lipinski definition) is 7. The molecule has 0 saturated carbocycles. The van der Waals surface area contributed by atoms with Gasteiger partial charge in [-0.1, -0.05) is 23.9 Å². The summed E-state index contributed by atoms with van der Waals surface area (Å²) in [5, 5.41) is 29.2. The van der Waals surface area contributed by atoms with Crippen LogP contribution < -0.4 is 10.4 Å². The first-order chi connectivity index (χ1) is 9.54. The van der Waals surface area contributed by atoms with Crippen molar-refractivity contribution in [3.8, 4) is 5.75 Å². The van der Waals surface area contributed by atoms with Crippen LogP contribution in [0.2, 0.25) is 0 Å². The summed E-state index contributed by atoms with van der Waals surface area (Å²) in [7, 11) is 0. The second kappa shape index (κ2) is 6.20. The molecular weight excluding hydrogens is 282 g/mol. The van der Waals surface area contributed by atoms with Gasteiger partial charge in [-0.3, -0.25) is 4.79 Å². The Labute approximate surface area is 118 Å². The molecule has 0 bridgehead atoms. The van der Waals surface area contributed by atoms with Gasteiger partial charge in [0, 0.05) is 12.4 Å². The monoisotopic (exact) mass is 292 g/mol. The number of amides is 1. The molecular formula is C12H10N3O4S-. The molecule has 1 atom stereocenters. The molecule has 104 valence electrons. The van der Waals surface area contributed by atoms with Gasteiger partial charge < -0.3 is 20.3 Å². The van der Waals surface area contributed by atoms with Gasteiger partial charge in [-0.15, -0.1) is 5.10 Å². The summed E-state index contributed by atoms with van der Waals surface area (Å²) in [5.41, 5.74) is 0.648. The fraction of sp³-hybridized carbons (Fsp3) is 0.167. The molecule has 0 radical (unpaired) electrons. The molecule has 1 aliphatic rings. The van der Waals surface area contributed by atoms with Crippen molar-refractivity contribution < 1.29 is 19.8 Å². The summed E-state index contributed by atoms with van der Waals surface area (Å²) in [4.78, 5) is 21.9. The van der Waals surface area contributed by atoms with Gasteiger partial charge in [-0.25, -0.2) is 0 Å². The van der Waals surface area contributed by atoms with Crippen LogP contribution in [0.25, 0.3) is 0 Å². The number of nitrogens with zero attached hydrogens (tertiary/aromatic N) is 2. The maximum absolute atomic E-state index is 11.4. The van der Waals surface area contributed by atoms with Crippen molar-refractivity contribution in [1.82, 2.24) is 5.32 Å². The minimum atomic E-state index is -1.29. The molecule has 1 heterocycles. The van der Waals surface area contributed by atoms with Crippen LogP contribution in [0.1, 0.15) is 12.0 Å². The first-order valence-corrected chi connectivity index (χ1v) is 6.50. The van der Waals surface area contributed by atoms with Crippen LogP contribution in [0.5, 0.6) is 5.75 Å². The highest BCUT2D eigenvalue weighted by Crippen LogP contribution is 2.21. The van der Waals surface area contributed by atoms with Crippen molar-refractivity contribution in [2.75, 3.05) is 0 Å². The van der Waals surface area contributed by atoms with E-state index >= 15 is 0 Å². The lowest BCUT2D eigenvalue weighted by Crippen LogP contribution is -2.31. The third-order valence-corrected chi connectivity index (χ3v) is 3.43. The molecule has 8 heteroatoms. The van der Waals surface area contributed by atoms with E-state index in [0.29, 0.717) is 5.56 Å². The molecule has 1 fully saturated rings. The Hall–Kier alpha value is -2.35. The van der Waals surface area contributed by atoms with Crippen molar-refractivity contribution in [2.24, 2.45) is 10.2 Å². The fourth-order valence-electron chi connectivity index (χ4n) is 1.49. The lowest BCUT2D eigenvalue weighted by atomic mass is 10.2. The number of phenols is 1. The van der Waals surface area contributed by atoms with Crippen molar-refractivity contribution in [1.29, 1.82) is 0 Å². The largest absolute Gasteiger partial charge is 0.550 e. The Morgan fingerprint density at radius 1 is 1.55 bits per heavy atom. The topological polar surface area (TPSA) is 114 Å². The predicted molar refractivity (Wildman–Crippen MR) is 72.3 cm³/mol. The van der Waals surface area contributed by atoms with Crippen molar-refractivity contribution >= 4 is 35.0 Å². The molecule has 0 unspecified atom stereocenters. The molecule has 1 aliphatic heterocycles. The SMILES string of the molecule is O=C([O-])C[C@@H]1S/C(=N\N=C/c2cccc(O)c2)NC1=O. The number of carbonyl (C=O) groups is 2. The third kappa shape index (κ3) is 3.82.